The monoisotopic (exact) mass is 305 g/mol. The van der Waals surface area contributed by atoms with Crippen molar-refractivity contribution in [1.29, 1.82) is 0 Å². The van der Waals surface area contributed by atoms with Crippen LogP contribution in [-0.4, -0.2) is 26.2 Å². The summed E-state index contributed by atoms with van der Waals surface area (Å²) in [5.41, 5.74) is 1.54. The van der Waals surface area contributed by atoms with Crippen molar-refractivity contribution in [3.05, 3.63) is 42.4 Å². The Labute approximate surface area is 123 Å². The summed E-state index contributed by atoms with van der Waals surface area (Å²) in [5, 5.41) is 2.24. The number of anilines is 1. The highest BCUT2D eigenvalue weighted by atomic mass is 19.4. The Balaban J connectivity index is 2.08. The van der Waals surface area contributed by atoms with Gasteiger partial charge in [-0.2, -0.15) is 13.2 Å². The van der Waals surface area contributed by atoms with Gasteiger partial charge in [0.1, 0.15) is 12.1 Å². The van der Waals surface area contributed by atoms with Crippen molar-refractivity contribution in [2.24, 2.45) is 0 Å². The minimum Gasteiger partial charge on any atom is -0.281 e. The molecule has 8 heteroatoms. The van der Waals surface area contributed by atoms with Gasteiger partial charge in [0.25, 0.3) is 0 Å². The summed E-state index contributed by atoms with van der Waals surface area (Å²) in [4.78, 5) is 16.1. The van der Waals surface area contributed by atoms with Crippen LogP contribution < -0.4 is 5.32 Å². The van der Waals surface area contributed by atoms with Crippen molar-refractivity contribution in [3.63, 3.8) is 0 Å². The Morgan fingerprint density at radius 2 is 1.86 bits per heavy atom. The van der Waals surface area contributed by atoms with Crippen LogP contribution in [-0.2, 0) is 0 Å². The first kappa shape index (κ1) is 14.2. The molecule has 0 atom stereocenters. The number of halogens is 3. The highest BCUT2D eigenvalue weighted by Crippen LogP contribution is 2.27. The highest BCUT2D eigenvalue weighted by Gasteiger charge is 2.29. The van der Waals surface area contributed by atoms with Gasteiger partial charge in [0.15, 0.2) is 5.65 Å². The van der Waals surface area contributed by atoms with E-state index < -0.39 is 6.30 Å². The van der Waals surface area contributed by atoms with Crippen molar-refractivity contribution in [1.82, 2.24) is 19.9 Å². The molecule has 112 valence electrons. The van der Waals surface area contributed by atoms with Gasteiger partial charge in [-0.25, -0.2) is 19.9 Å². The molecule has 3 rings (SSSR count). The molecule has 3 aromatic heterocycles. The smallest absolute Gasteiger partial charge is 0.281 e. The van der Waals surface area contributed by atoms with Gasteiger partial charge in [-0.05, 0) is 31.2 Å². The van der Waals surface area contributed by atoms with E-state index in [0.29, 0.717) is 17.0 Å². The van der Waals surface area contributed by atoms with Crippen molar-refractivity contribution >= 4 is 16.9 Å². The second-order valence-corrected chi connectivity index (χ2v) is 4.57. The average molecular weight is 305 g/mol. The van der Waals surface area contributed by atoms with Gasteiger partial charge >= 0.3 is 6.30 Å². The molecule has 5 nitrogen and oxygen atoms in total. The van der Waals surface area contributed by atoms with Gasteiger partial charge in [0, 0.05) is 17.1 Å². The molecule has 0 amide bonds. The van der Waals surface area contributed by atoms with Gasteiger partial charge in [0.05, 0.1) is 11.4 Å². The Hall–Kier alpha value is -2.77. The number of alkyl halides is 3. The molecule has 0 fully saturated rings. The molecule has 0 aromatic carbocycles. The molecular formula is C14H10F3N5. The average Bonchev–Trinajstić information content (AvgIpc) is 2.48. The van der Waals surface area contributed by atoms with Crippen LogP contribution >= 0.6 is 0 Å². The van der Waals surface area contributed by atoms with Crippen LogP contribution in [0.15, 0.2) is 36.8 Å². The zero-order chi connectivity index (χ0) is 15.7. The van der Waals surface area contributed by atoms with Crippen molar-refractivity contribution in [3.8, 4) is 11.4 Å². The summed E-state index contributed by atoms with van der Waals surface area (Å²) in [6.45, 7) is 1.51. The fraction of sp³-hybridized carbons (Fsp3) is 0.143. The third-order valence-corrected chi connectivity index (χ3v) is 3.05. The van der Waals surface area contributed by atoms with Crippen LogP contribution in [0.1, 0.15) is 5.56 Å². The van der Waals surface area contributed by atoms with Crippen LogP contribution in [0.3, 0.4) is 0 Å². The van der Waals surface area contributed by atoms with Crippen molar-refractivity contribution < 1.29 is 13.2 Å². The van der Waals surface area contributed by atoms with E-state index >= 15 is 0 Å². The minimum atomic E-state index is -4.56. The topological polar surface area (TPSA) is 63.6 Å². The van der Waals surface area contributed by atoms with Crippen LogP contribution in [0.2, 0.25) is 0 Å². The first-order valence-corrected chi connectivity index (χ1v) is 6.33. The molecule has 0 radical (unpaired) electrons. The second kappa shape index (κ2) is 5.21. The number of aromatic nitrogens is 4. The highest BCUT2D eigenvalue weighted by molar-refractivity contribution is 5.78. The van der Waals surface area contributed by atoms with E-state index in [9.17, 15) is 13.2 Å². The molecule has 1 N–H and O–H groups in total. The lowest BCUT2D eigenvalue weighted by molar-refractivity contribution is -0.100. The maximum Gasteiger partial charge on any atom is 0.483 e. The number of fused-ring (bicyclic) bond motifs is 1. The molecule has 0 spiro atoms. The normalized spacial score (nSPS) is 11.6. The maximum atomic E-state index is 12.5. The van der Waals surface area contributed by atoms with Crippen LogP contribution in [0.4, 0.5) is 19.0 Å². The van der Waals surface area contributed by atoms with E-state index in [2.05, 4.69) is 19.9 Å². The lowest BCUT2D eigenvalue weighted by Gasteiger charge is -2.13. The molecule has 3 aromatic rings. The van der Waals surface area contributed by atoms with E-state index in [4.69, 9.17) is 0 Å². The second-order valence-electron chi connectivity index (χ2n) is 4.57. The minimum absolute atomic E-state index is 0.266. The Morgan fingerprint density at radius 1 is 1.05 bits per heavy atom. The van der Waals surface area contributed by atoms with Crippen LogP contribution in [0.25, 0.3) is 22.4 Å². The summed E-state index contributed by atoms with van der Waals surface area (Å²) in [6, 6.07) is 7.12. The molecule has 0 saturated heterocycles. The standard InChI is InChI=1S/C14H10F3N5/c1-8-11(19-7-20-12(8)22-14(15,16)17)10-5-4-9-3-2-6-18-13(9)21-10/h2-7H,1H3,(H,19,20,22). The van der Waals surface area contributed by atoms with E-state index in [1.165, 1.54) is 12.2 Å². The number of nitrogens with one attached hydrogen (secondary N) is 1. The van der Waals surface area contributed by atoms with Crippen LogP contribution in [0.5, 0.6) is 0 Å². The SMILES string of the molecule is Cc1c(NC(F)(F)F)ncnc1-c1ccc2cccnc2n1. The van der Waals surface area contributed by atoms with Gasteiger partial charge in [-0.3, -0.25) is 5.32 Å². The quantitative estimate of drug-likeness (QED) is 0.736. The van der Waals surface area contributed by atoms with Crippen molar-refractivity contribution in [2.45, 2.75) is 13.2 Å². The number of hydrogen-bond donors (Lipinski definition) is 1. The van der Waals surface area contributed by atoms with E-state index in [1.54, 1.807) is 24.4 Å². The Bertz CT molecular complexity index is 832. The fourth-order valence-corrected chi connectivity index (χ4v) is 2.05. The number of pyridine rings is 2. The summed E-state index contributed by atoms with van der Waals surface area (Å²) in [5.74, 6) is -0.291. The summed E-state index contributed by atoms with van der Waals surface area (Å²) in [7, 11) is 0. The number of nitrogens with zero attached hydrogens (tertiary/aromatic N) is 4. The van der Waals surface area contributed by atoms with E-state index in [-0.39, 0.29) is 11.4 Å². The Morgan fingerprint density at radius 3 is 2.64 bits per heavy atom. The predicted octanol–water partition coefficient (Wildman–Crippen LogP) is 3.33. The lowest BCUT2D eigenvalue weighted by Crippen LogP contribution is -2.22. The van der Waals surface area contributed by atoms with Crippen molar-refractivity contribution in [2.75, 3.05) is 5.32 Å². The maximum absolute atomic E-state index is 12.5. The molecule has 0 aliphatic carbocycles. The number of rotatable bonds is 2. The zero-order valence-electron chi connectivity index (χ0n) is 11.4. The number of hydrogen-bond acceptors (Lipinski definition) is 5. The third kappa shape index (κ3) is 2.80. The van der Waals surface area contributed by atoms with Gasteiger partial charge in [-0.1, -0.05) is 0 Å². The molecule has 0 aliphatic rings. The largest absolute Gasteiger partial charge is 0.483 e. The molecular weight excluding hydrogens is 295 g/mol. The summed E-state index contributed by atoms with van der Waals surface area (Å²) < 4.78 is 37.4. The first-order chi connectivity index (χ1) is 10.4. The van der Waals surface area contributed by atoms with Gasteiger partial charge in [0.2, 0.25) is 0 Å². The third-order valence-electron chi connectivity index (χ3n) is 3.05. The fourth-order valence-electron chi connectivity index (χ4n) is 2.05. The van der Waals surface area contributed by atoms with Gasteiger partial charge in [-0.15, -0.1) is 0 Å². The van der Waals surface area contributed by atoms with E-state index in [0.717, 1.165) is 11.7 Å². The summed E-state index contributed by atoms with van der Waals surface area (Å²) >= 11 is 0. The zero-order valence-corrected chi connectivity index (χ0v) is 11.4. The predicted molar refractivity (Wildman–Crippen MR) is 75.0 cm³/mol. The van der Waals surface area contributed by atoms with Crippen LogP contribution in [0, 0.1) is 6.92 Å². The molecule has 0 aliphatic heterocycles. The lowest BCUT2D eigenvalue weighted by atomic mass is 10.1. The molecule has 0 bridgehead atoms. The first-order valence-electron chi connectivity index (χ1n) is 6.33. The molecule has 22 heavy (non-hydrogen) atoms. The Kier molecular flexibility index (Phi) is 3.36. The summed E-state index contributed by atoms with van der Waals surface area (Å²) in [6.07, 6.45) is -1.89. The van der Waals surface area contributed by atoms with E-state index in [1.807, 2.05) is 6.07 Å². The molecule has 0 unspecified atom stereocenters. The molecule has 3 heterocycles. The van der Waals surface area contributed by atoms with Gasteiger partial charge < -0.3 is 0 Å². The molecule has 0 saturated carbocycles.